The molecule has 9 rings (SSSR count). The number of nitrogens with two attached hydrogens (primary N) is 1. The molecule has 0 unspecified atom stereocenters. The van der Waals surface area contributed by atoms with E-state index < -0.39 is 29.6 Å². The molecule has 2 atom stereocenters. The highest BCUT2D eigenvalue weighted by molar-refractivity contribution is 6.05. The monoisotopic (exact) mass is 795 g/mol. The van der Waals surface area contributed by atoms with Crippen LogP contribution < -0.4 is 16.6 Å². The minimum Gasteiger partial charge on any atom is -0.381 e. The highest BCUT2D eigenvalue weighted by Crippen LogP contribution is 2.43. The Morgan fingerprint density at radius 1 is 1.00 bits per heavy atom. The lowest BCUT2D eigenvalue weighted by molar-refractivity contribution is -0.137. The number of alkyl halides is 3. The molecule has 7 aromatic rings. The number of carbonyl (C=O) groups excluding carboxylic acids is 2. The predicted octanol–water partition coefficient (Wildman–Crippen LogP) is 6.68. The van der Waals surface area contributed by atoms with Gasteiger partial charge in [0.2, 0.25) is 0 Å². The lowest BCUT2D eigenvalue weighted by Gasteiger charge is -2.24. The number of halogens is 3. The summed E-state index contributed by atoms with van der Waals surface area (Å²) in [6.07, 6.45) is 1.94. The van der Waals surface area contributed by atoms with Gasteiger partial charge in [-0.2, -0.15) is 18.3 Å². The first-order valence-corrected chi connectivity index (χ1v) is 19.0. The second kappa shape index (κ2) is 14.0. The van der Waals surface area contributed by atoms with Crippen LogP contribution in [-0.4, -0.2) is 51.7 Å². The van der Waals surface area contributed by atoms with Crippen molar-refractivity contribution < 1.29 is 22.8 Å². The summed E-state index contributed by atoms with van der Waals surface area (Å²) in [5.74, 6) is 5.02. The van der Waals surface area contributed by atoms with Gasteiger partial charge in [0.05, 0.1) is 40.0 Å². The molecule has 1 saturated carbocycles. The van der Waals surface area contributed by atoms with Gasteiger partial charge in [-0.05, 0) is 86.0 Å². The van der Waals surface area contributed by atoms with E-state index in [1.807, 2.05) is 19.1 Å². The Morgan fingerprint density at radius 2 is 1.78 bits per heavy atom. The fraction of sp³-hybridized carbons (Fsp3) is 0.227. The Hall–Kier alpha value is -7.21. The maximum Gasteiger partial charge on any atom is 0.417 e. The third-order valence-corrected chi connectivity index (χ3v) is 11.1. The summed E-state index contributed by atoms with van der Waals surface area (Å²) < 4.78 is 48.1. The summed E-state index contributed by atoms with van der Waals surface area (Å²) in [6.45, 7) is 3.66. The van der Waals surface area contributed by atoms with Crippen LogP contribution in [-0.2, 0) is 19.8 Å². The third kappa shape index (κ3) is 6.65. The molecule has 0 spiro atoms. The predicted molar refractivity (Wildman–Crippen MR) is 215 cm³/mol. The standard InChI is InChI=1S/C44H36F3N9O3/c1-24(35-20-29-9-7-8-28(13-12-26-21-49-53(3)22-26)36(29)43(59)56(35)32-10-5-4-6-11-32)50-41(57)38-39(48)52-55-17-16-34(51-40(38)55)30-18-31-23-54(25(2)27-14-15-27)42(58)37(31)33(19-30)44(45,46)47/h4-11,16-22,24-25,27H,14-15,23H2,1-3H3,(H2,48,52)(H,50,57)/t24-,25-/m0/s1. The number of amides is 2. The summed E-state index contributed by atoms with van der Waals surface area (Å²) in [4.78, 5) is 48.2. The first kappa shape index (κ1) is 37.4. The number of pyridine rings is 1. The van der Waals surface area contributed by atoms with E-state index in [1.165, 1.54) is 26.2 Å². The zero-order chi connectivity index (χ0) is 41.3. The second-order valence-electron chi connectivity index (χ2n) is 15.1. The van der Waals surface area contributed by atoms with Gasteiger partial charge >= 0.3 is 6.18 Å². The molecule has 0 radical (unpaired) electrons. The molecule has 15 heteroatoms. The van der Waals surface area contributed by atoms with Crippen molar-refractivity contribution in [3.8, 4) is 28.8 Å². The molecule has 3 aromatic carbocycles. The number of benzene rings is 3. The quantitative estimate of drug-likeness (QED) is 0.171. The van der Waals surface area contributed by atoms with E-state index in [1.54, 1.807) is 79.6 Å². The van der Waals surface area contributed by atoms with Crippen LogP contribution in [0.5, 0.6) is 0 Å². The van der Waals surface area contributed by atoms with Crippen LogP contribution in [0.25, 0.3) is 33.4 Å². The molecule has 4 aromatic heterocycles. The van der Waals surface area contributed by atoms with Crippen molar-refractivity contribution in [3.63, 3.8) is 0 Å². The molecule has 5 heterocycles. The first-order valence-electron chi connectivity index (χ1n) is 19.0. The summed E-state index contributed by atoms with van der Waals surface area (Å²) in [5.41, 5.74) is 7.25. The van der Waals surface area contributed by atoms with Crippen LogP contribution >= 0.6 is 0 Å². The van der Waals surface area contributed by atoms with E-state index in [-0.39, 0.29) is 63.5 Å². The van der Waals surface area contributed by atoms with E-state index in [2.05, 4.69) is 32.3 Å². The van der Waals surface area contributed by atoms with Crippen LogP contribution in [0.2, 0.25) is 0 Å². The molecule has 1 fully saturated rings. The fourth-order valence-corrected chi connectivity index (χ4v) is 7.95. The van der Waals surface area contributed by atoms with Crippen LogP contribution in [0.3, 0.4) is 0 Å². The number of hydrogen-bond donors (Lipinski definition) is 2. The normalized spacial score (nSPS) is 14.9. The van der Waals surface area contributed by atoms with Crippen LogP contribution in [0, 0.1) is 17.8 Å². The topological polar surface area (TPSA) is 145 Å². The number of carbonyl (C=O) groups is 2. The Bertz CT molecular complexity index is 2990. The number of rotatable bonds is 7. The number of nitrogen functional groups attached to an aromatic ring is 1. The van der Waals surface area contributed by atoms with Crippen LogP contribution in [0.15, 0.2) is 96.2 Å². The van der Waals surface area contributed by atoms with Gasteiger partial charge in [-0.3, -0.25) is 23.6 Å². The van der Waals surface area contributed by atoms with Crippen LogP contribution in [0.4, 0.5) is 19.0 Å². The minimum absolute atomic E-state index is 0.00890. The number of nitrogens with one attached hydrogen (secondary N) is 1. The average Bonchev–Trinajstić information content (AvgIpc) is 3.78. The number of aryl methyl sites for hydroxylation is 1. The molecule has 3 N–H and O–H groups in total. The van der Waals surface area contributed by atoms with Crippen molar-refractivity contribution >= 4 is 34.1 Å². The van der Waals surface area contributed by atoms with Gasteiger partial charge in [-0.15, -0.1) is 5.10 Å². The Labute approximate surface area is 335 Å². The smallest absolute Gasteiger partial charge is 0.381 e. The van der Waals surface area contributed by atoms with Crippen molar-refractivity contribution in [2.45, 2.75) is 51.5 Å². The maximum atomic E-state index is 14.6. The first-order chi connectivity index (χ1) is 28.3. The molecule has 0 saturated heterocycles. The van der Waals surface area contributed by atoms with Gasteiger partial charge in [0.15, 0.2) is 11.5 Å². The highest BCUT2D eigenvalue weighted by Gasteiger charge is 2.44. The minimum atomic E-state index is -4.81. The number of hydrogen-bond acceptors (Lipinski definition) is 7. The average molecular weight is 796 g/mol. The maximum absolute atomic E-state index is 14.6. The summed E-state index contributed by atoms with van der Waals surface area (Å²) in [6, 6.07) is 19.2. The number of fused-ring (bicyclic) bond motifs is 3. The Morgan fingerprint density at radius 3 is 2.49 bits per heavy atom. The van der Waals surface area contributed by atoms with E-state index in [0.717, 1.165) is 18.9 Å². The van der Waals surface area contributed by atoms with Gasteiger partial charge in [-0.1, -0.05) is 42.2 Å². The van der Waals surface area contributed by atoms with E-state index in [4.69, 9.17) is 5.73 Å². The van der Waals surface area contributed by atoms with Gasteiger partial charge < -0.3 is 16.0 Å². The molecular formula is C44H36F3N9O3. The summed E-state index contributed by atoms with van der Waals surface area (Å²) in [7, 11) is 1.79. The lowest BCUT2D eigenvalue weighted by Crippen LogP contribution is -2.35. The Kier molecular flexibility index (Phi) is 8.88. The van der Waals surface area contributed by atoms with Crippen molar-refractivity contribution in [2.75, 3.05) is 5.73 Å². The molecule has 12 nitrogen and oxygen atoms in total. The second-order valence-corrected chi connectivity index (χ2v) is 15.1. The number of nitrogens with zero attached hydrogens (tertiary/aromatic N) is 7. The van der Waals surface area contributed by atoms with Crippen molar-refractivity contribution in [3.05, 3.63) is 141 Å². The third-order valence-electron chi connectivity index (χ3n) is 11.1. The van der Waals surface area contributed by atoms with Gasteiger partial charge in [-0.25, -0.2) is 9.50 Å². The van der Waals surface area contributed by atoms with E-state index in [0.29, 0.717) is 33.3 Å². The highest BCUT2D eigenvalue weighted by atomic mass is 19.4. The number of para-hydroxylation sites is 1. The summed E-state index contributed by atoms with van der Waals surface area (Å²) in [5, 5.41) is 12.4. The van der Waals surface area contributed by atoms with Gasteiger partial charge in [0.1, 0.15) is 5.56 Å². The number of anilines is 1. The van der Waals surface area contributed by atoms with Gasteiger partial charge in [0.25, 0.3) is 17.4 Å². The SMILES string of the molecule is C[C@H](NC(=O)c1c(N)nn2ccc(-c3cc4c(c(C(F)(F)F)c3)C(=O)N([C@@H](C)C3CC3)C4)nc12)c1cc2cccc(C#Cc3cnn(C)c3)c2c(=O)n1-c1ccccc1. The zero-order valence-corrected chi connectivity index (χ0v) is 32.1. The molecule has 2 amide bonds. The Balaban J connectivity index is 1.09. The lowest BCUT2D eigenvalue weighted by atomic mass is 9.97. The molecule has 0 bridgehead atoms. The molecule has 296 valence electrons. The van der Waals surface area contributed by atoms with E-state index in [9.17, 15) is 27.6 Å². The van der Waals surface area contributed by atoms with Crippen molar-refractivity contribution in [1.29, 1.82) is 0 Å². The zero-order valence-electron chi connectivity index (χ0n) is 32.1. The molecular weight excluding hydrogens is 760 g/mol. The van der Waals surface area contributed by atoms with Crippen LogP contribution in [0.1, 0.15) is 81.4 Å². The van der Waals surface area contributed by atoms with Crippen molar-refractivity contribution in [2.24, 2.45) is 13.0 Å². The number of aromatic nitrogens is 6. The largest absolute Gasteiger partial charge is 0.417 e. The molecule has 2 aliphatic rings. The fourth-order valence-electron chi connectivity index (χ4n) is 7.95. The molecule has 1 aliphatic carbocycles. The van der Waals surface area contributed by atoms with Crippen molar-refractivity contribution in [1.82, 2.24) is 39.2 Å². The van der Waals surface area contributed by atoms with E-state index >= 15 is 0 Å². The summed E-state index contributed by atoms with van der Waals surface area (Å²) >= 11 is 0. The molecule has 1 aliphatic heterocycles. The van der Waals surface area contributed by atoms with Gasteiger partial charge in [0, 0.05) is 54.5 Å². The molecule has 59 heavy (non-hydrogen) atoms.